The summed E-state index contributed by atoms with van der Waals surface area (Å²) in [5.74, 6) is -1.06. The lowest BCUT2D eigenvalue weighted by atomic mass is 10.0. The topological polar surface area (TPSA) is 57.6 Å². The molecular weight excluding hydrogens is 286 g/mol. The molecule has 1 aromatic carbocycles. The van der Waals surface area contributed by atoms with Crippen LogP contribution in [0.5, 0.6) is 0 Å². The standard InChI is InChI=1S/C16H17NO3S/c1-2-17(11-13-7-5-9-21-13)15(18)10-12-6-3-4-8-14(12)16(19)20/h3-9H,2,10-11H2,1H3,(H,19,20). The van der Waals surface area contributed by atoms with Crippen LogP contribution in [0.25, 0.3) is 0 Å². The third kappa shape index (κ3) is 3.92. The zero-order chi connectivity index (χ0) is 15.2. The van der Waals surface area contributed by atoms with Crippen LogP contribution in [0.1, 0.15) is 27.7 Å². The second-order valence-corrected chi connectivity index (χ2v) is 5.66. The van der Waals surface area contributed by atoms with Crippen molar-refractivity contribution in [3.63, 3.8) is 0 Å². The van der Waals surface area contributed by atoms with Crippen LogP contribution in [0, 0.1) is 0 Å². The molecule has 1 N–H and O–H groups in total. The molecule has 0 saturated carbocycles. The van der Waals surface area contributed by atoms with E-state index in [-0.39, 0.29) is 17.9 Å². The Morgan fingerprint density at radius 2 is 1.95 bits per heavy atom. The van der Waals surface area contributed by atoms with Gasteiger partial charge in [-0.05, 0) is 30.0 Å². The van der Waals surface area contributed by atoms with Crippen molar-refractivity contribution >= 4 is 23.2 Å². The summed E-state index contributed by atoms with van der Waals surface area (Å²) in [5.41, 5.74) is 0.748. The molecular formula is C16H17NO3S. The number of carbonyl (C=O) groups excluding carboxylic acids is 1. The van der Waals surface area contributed by atoms with E-state index in [2.05, 4.69) is 0 Å². The largest absolute Gasteiger partial charge is 0.478 e. The summed E-state index contributed by atoms with van der Waals surface area (Å²) >= 11 is 1.61. The summed E-state index contributed by atoms with van der Waals surface area (Å²) in [6, 6.07) is 10.6. The Kier molecular flexibility index (Phi) is 5.11. The van der Waals surface area contributed by atoms with Gasteiger partial charge in [-0.2, -0.15) is 0 Å². The Hall–Kier alpha value is -2.14. The number of thiophene rings is 1. The number of benzene rings is 1. The molecule has 1 amide bonds. The second kappa shape index (κ2) is 7.04. The predicted molar refractivity (Wildman–Crippen MR) is 82.5 cm³/mol. The molecule has 0 aliphatic heterocycles. The summed E-state index contributed by atoms with van der Waals surface area (Å²) in [6.45, 7) is 3.10. The van der Waals surface area contributed by atoms with Crippen LogP contribution < -0.4 is 0 Å². The van der Waals surface area contributed by atoms with Gasteiger partial charge in [-0.1, -0.05) is 24.3 Å². The molecule has 21 heavy (non-hydrogen) atoms. The Balaban J connectivity index is 2.11. The third-order valence-electron chi connectivity index (χ3n) is 3.25. The molecule has 2 rings (SSSR count). The normalized spacial score (nSPS) is 10.3. The summed E-state index contributed by atoms with van der Waals surface area (Å²) in [5, 5.41) is 11.1. The number of hydrogen-bond donors (Lipinski definition) is 1. The van der Waals surface area contributed by atoms with E-state index in [0.717, 1.165) is 4.88 Å². The summed E-state index contributed by atoms with van der Waals surface area (Å²) in [7, 11) is 0. The number of carboxylic acids is 1. The SMILES string of the molecule is CCN(Cc1cccs1)C(=O)Cc1ccccc1C(=O)O. The molecule has 0 bridgehead atoms. The lowest BCUT2D eigenvalue weighted by molar-refractivity contribution is -0.130. The zero-order valence-corrected chi connectivity index (χ0v) is 12.6. The van der Waals surface area contributed by atoms with Gasteiger partial charge in [-0.15, -0.1) is 11.3 Å². The van der Waals surface area contributed by atoms with E-state index in [1.807, 2.05) is 24.4 Å². The molecule has 4 nitrogen and oxygen atoms in total. The Morgan fingerprint density at radius 1 is 1.19 bits per heavy atom. The summed E-state index contributed by atoms with van der Waals surface area (Å²) in [6.07, 6.45) is 0.113. The first kappa shape index (κ1) is 15.3. The maximum absolute atomic E-state index is 12.4. The lowest BCUT2D eigenvalue weighted by Crippen LogP contribution is -2.31. The molecule has 0 aliphatic carbocycles. The van der Waals surface area contributed by atoms with Crippen LogP contribution in [-0.2, 0) is 17.8 Å². The average Bonchev–Trinajstić information content (AvgIpc) is 2.98. The van der Waals surface area contributed by atoms with E-state index >= 15 is 0 Å². The minimum absolute atomic E-state index is 0.0559. The summed E-state index contributed by atoms with van der Waals surface area (Å²) in [4.78, 5) is 26.4. The van der Waals surface area contributed by atoms with E-state index in [1.54, 1.807) is 34.4 Å². The molecule has 0 radical (unpaired) electrons. The highest BCUT2D eigenvalue weighted by Crippen LogP contribution is 2.15. The van der Waals surface area contributed by atoms with Gasteiger partial charge in [0.25, 0.3) is 0 Å². The highest BCUT2D eigenvalue weighted by Gasteiger charge is 2.17. The third-order valence-corrected chi connectivity index (χ3v) is 4.11. The van der Waals surface area contributed by atoms with Gasteiger partial charge in [0.05, 0.1) is 18.5 Å². The van der Waals surface area contributed by atoms with Crippen LogP contribution in [-0.4, -0.2) is 28.4 Å². The van der Waals surface area contributed by atoms with Crippen LogP contribution in [0.4, 0.5) is 0 Å². The number of likely N-dealkylation sites (N-methyl/N-ethyl adjacent to an activating group) is 1. The van der Waals surface area contributed by atoms with Crippen LogP contribution in [0.2, 0.25) is 0 Å². The van der Waals surface area contributed by atoms with Crippen molar-refractivity contribution in [1.82, 2.24) is 4.90 Å². The van der Waals surface area contributed by atoms with Gasteiger partial charge in [-0.3, -0.25) is 4.79 Å². The average molecular weight is 303 g/mol. The van der Waals surface area contributed by atoms with Crippen LogP contribution in [0.15, 0.2) is 41.8 Å². The van der Waals surface area contributed by atoms with Crippen molar-refractivity contribution in [2.24, 2.45) is 0 Å². The van der Waals surface area contributed by atoms with Gasteiger partial charge in [0.1, 0.15) is 0 Å². The number of carbonyl (C=O) groups is 2. The lowest BCUT2D eigenvalue weighted by Gasteiger charge is -2.20. The molecule has 110 valence electrons. The number of aromatic carboxylic acids is 1. The zero-order valence-electron chi connectivity index (χ0n) is 11.8. The number of carboxylic acid groups (broad SMARTS) is 1. The number of nitrogens with zero attached hydrogens (tertiary/aromatic N) is 1. The van der Waals surface area contributed by atoms with E-state index < -0.39 is 5.97 Å². The predicted octanol–water partition coefficient (Wildman–Crippen LogP) is 3.04. The fourth-order valence-electron chi connectivity index (χ4n) is 2.12. The van der Waals surface area contributed by atoms with Gasteiger partial charge in [0, 0.05) is 11.4 Å². The van der Waals surface area contributed by atoms with Gasteiger partial charge in [0.15, 0.2) is 0 Å². The molecule has 0 atom stereocenters. The molecule has 1 aromatic heterocycles. The highest BCUT2D eigenvalue weighted by molar-refractivity contribution is 7.09. The van der Waals surface area contributed by atoms with E-state index in [9.17, 15) is 9.59 Å². The van der Waals surface area contributed by atoms with Crippen molar-refractivity contribution in [2.45, 2.75) is 19.9 Å². The fraction of sp³-hybridized carbons (Fsp3) is 0.250. The quantitative estimate of drug-likeness (QED) is 0.892. The highest BCUT2D eigenvalue weighted by atomic mass is 32.1. The van der Waals surface area contributed by atoms with Crippen molar-refractivity contribution in [2.75, 3.05) is 6.54 Å². The fourth-order valence-corrected chi connectivity index (χ4v) is 2.84. The van der Waals surface area contributed by atoms with Crippen molar-refractivity contribution in [3.05, 3.63) is 57.8 Å². The van der Waals surface area contributed by atoms with Crippen molar-refractivity contribution < 1.29 is 14.7 Å². The Labute approximate surface area is 127 Å². The summed E-state index contributed by atoms with van der Waals surface area (Å²) < 4.78 is 0. The monoisotopic (exact) mass is 303 g/mol. The minimum atomic E-state index is -1.00. The van der Waals surface area contributed by atoms with Crippen LogP contribution >= 0.6 is 11.3 Å². The maximum Gasteiger partial charge on any atom is 0.335 e. The number of hydrogen-bond acceptors (Lipinski definition) is 3. The van der Waals surface area contributed by atoms with Gasteiger partial charge in [-0.25, -0.2) is 4.79 Å². The number of amides is 1. The molecule has 0 spiro atoms. The maximum atomic E-state index is 12.4. The first-order chi connectivity index (χ1) is 10.1. The smallest absolute Gasteiger partial charge is 0.335 e. The van der Waals surface area contributed by atoms with E-state index in [0.29, 0.717) is 18.7 Å². The Bertz CT molecular complexity index is 622. The molecule has 1 heterocycles. The molecule has 0 aliphatic rings. The first-order valence-electron chi connectivity index (χ1n) is 6.73. The van der Waals surface area contributed by atoms with Gasteiger partial charge >= 0.3 is 5.97 Å². The van der Waals surface area contributed by atoms with Crippen LogP contribution in [0.3, 0.4) is 0 Å². The molecule has 0 fully saturated rings. The number of rotatable bonds is 6. The molecule has 5 heteroatoms. The van der Waals surface area contributed by atoms with Gasteiger partial charge in [0.2, 0.25) is 5.91 Å². The van der Waals surface area contributed by atoms with Crippen molar-refractivity contribution in [3.8, 4) is 0 Å². The van der Waals surface area contributed by atoms with Crippen molar-refractivity contribution in [1.29, 1.82) is 0 Å². The van der Waals surface area contributed by atoms with E-state index in [1.165, 1.54) is 6.07 Å². The minimum Gasteiger partial charge on any atom is -0.478 e. The second-order valence-electron chi connectivity index (χ2n) is 4.63. The molecule has 0 saturated heterocycles. The Morgan fingerprint density at radius 3 is 2.57 bits per heavy atom. The van der Waals surface area contributed by atoms with E-state index in [4.69, 9.17) is 5.11 Å². The molecule has 0 unspecified atom stereocenters. The first-order valence-corrected chi connectivity index (χ1v) is 7.61. The van der Waals surface area contributed by atoms with Gasteiger partial charge < -0.3 is 10.0 Å². The molecule has 2 aromatic rings.